The van der Waals surface area contributed by atoms with Gasteiger partial charge in [-0.25, -0.2) is 9.07 Å². The zero-order valence-corrected chi connectivity index (χ0v) is 11.3. The Kier molecular flexibility index (Phi) is 4.84. The first kappa shape index (κ1) is 14.2. The molecule has 0 bridgehead atoms. The molecule has 1 aromatic heterocycles. The molecule has 0 fully saturated rings. The lowest BCUT2D eigenvalue weighted by Gasteiger charge is -2.08. The largest absolute Gasteiger partial charge is 0.326 e. The van der Waals surface area contributed by atoms with E-state index in [1.807, 2.05) is 7.05 Å². The third kappa shape index (κ3) is 3.64. The van der Waals surface area contributed by atoms with E-state index in [2.05, 4.69) is 15.7 Å². The van der Waals surface area contributed by atoms with E-state index in [-0.39, 0.29) is 5.91 Å². The van der Waals surface area contributed by atoms with E-state index in [0.717, 1.165) is 13.0 Å². The van der Waals surface area contributed by atoms with Crippen molar-refractivity contribution in [1.82, 2.24) is 15.1 Å². The summed E-state index contributed by atoms with van der Waals surface area (Å²) >= 11 is 0. The Morgan fingerprint density at radius 1 is 1.45 bits per heavy atom. The summed E-state index contributed by atoms with van der Waals surface area (Å²) in [6.07, 6.45) is 4.39. The lowest BCUT2D eigenvalue weighted by Crippen LogP contribution is -2.15. The molecule has 2 rings (SSSR count). The van der Waals surface area contributed by atoms with Crippen LogP contribution < -0.4 is 10.6 Å². The van der Waals surface area contributed by atoms with Crippen molar-refractivity contribution in [3.63, 3.8) is 0 Å². The molecule has 0 aliphatic carbocycles. The Balaban J connectivity index is 2.00. The van der Waals surface area contributed by atoms with Gasteiger partial charge in [-0.2, -0.15) is 5.10 Å². The van der Waals surface area contributed by atoms with Gasteiger partial charge in [-0.05, 0) is 44.3 Å². The van der Waals surface area contributed by atoms with Crippen LogP contribution in [0.3, 0.4) is 0 Å². The van der Waals surface area contributed by atoms with Crippen LogP contribution in [0.1, 0.15) is 12.8 Å². The lowest BCUT2D eigenvalue weighted by atomic mass is 10.2. The molecule has 0 aliphatic heterocycles. The number of amides is 1. The predicted molar refractivity (Wildman–Crippen MR) is 75.3 cm³/mol. The van der Waals surface area contributed by atoms with Gasteiger partial charge >= 0.3 is 0 Å². The average molecular weight is 276 g/mol. The van der Waals surface area contributed by atoms with Gasteiger partial charge in [-0.3, -0.25) is 4.79 Å². The first-order valence-electron chi connectivity index (χ1n) is 6.44. The van der Waals surface area contributed by atoms with Crippen LogP contribution >= 0.6 is 0 Å². The fourth-order valence-corrected chi connectivity index (χ4v) is 1.83. The Morgan fingerprint density at radius 3 is 2.95 bits per heavy atom. The van der Waals surface area contributed by atoms with Crippen molar-refractivity contribution in [3.05, 3.63) is 42.5 Å². The maximum Gasteiger partial charge on any atom is 0.224 e. The third-order valence-electron chi connectivity index (χ3n) is 2.81. The van der Waals surface area contributed by atoms with Gasteiger partial charge in [0.15, 0.2) is 5.82 Å². The average Bonchev–Trinajstić information content (AvgIpc) is 2.93. The highest BCUT2D eigenvalue weighted by Gasteiger charge is 2.08. The molecule has 1 aromatic carbocycles. The van der Waals surface area contributed by atoms with Gasteiger partial charge in [-0.15, -0.1) is 0 Å². The smallest absolute Gasteiger partial charge is 0.224 e. The molecule has 1 heterocycles. The SMILES string of the molecule is CNCCCC(=O)Nc1ccc(-n2cccn2)c(F)c1. The molecule has 2 aromatic rings. The minimum absolute atomic E-state index is 0.119. The Hall–Kier alpha value is -2.21. The fraction of sp³-hybridized carbons (Fsp3) is 0.286. The van der Waals surface area contributed by atoms with E-state index in [4.69, 9.17) is 0 Å². The number of hydrogen-bond donors (Lipinski definition) is 2. The topological polar surface area (TPSA) is 59.0 Å². The van der Waals surface area contributed by atoms with Crippen molar-refractivity contribution in [1.29, 1.82) is 0 Å². The summed E-state index contributed by atoms with van der Waals surface area (Å²) in [6.45, 7) is 0.778. The molecule has 0 saturated carbocycles. The summed E-state index contributed by atoms with van der Waals surface area (Å²) in [4.78, 5) is 11.6. The molecule has 2 N–H and O–H groups in total. The number of nitrogens with one attached hydrogen (secondary N) is 2. The summed E-state index contributed by atoms with van der Waals surface area (Å²) in [6, 6.07) is 6.27. The quantitative estimate of drug-likeness (QED) is 0.793. The second-order valence-corrected chi connectivity index (χ2v) is 4.37. The first-order valence-corrected chi connectivity index (χ1v) is 6.44. The molecular formula is C14H17FN4O. The fourth-order valence-electron chi connectivity index (χ4n) is 1.83. The molecule has 0 unspecified atom stereocenters. The number of benzene rings is 1. The minimum atomic E-state index is -0.429. The van der Waals surface area contributed by atoms with Crippen LogP contribution in [0.2, 0.25) is 0 Å². The number of anilines is 1. The Morgan fingerprint density at radius 2 is 2.30 bits per heavy atom. The van der Waals surface area contributed by atoms with Gasteiger partial charge < -0.3 is 10.6 Å². The molecule has 106 valence electrons. The number of carbonyl (C=O) groups excluding carboxylic acids is 1. The van der Waals surface area contributed by atoms with Crippen molar-refractivity contribution in [3.8, 4) is 5.69 Å². The molecule has 0 spiro atoms. The third-order valence-corrected chi connectivity index (χ3v) is 2.81. The van der Waals surface area contributed by atoms with Gasteiger partial charge in [0, 0.05) is 24.5 Å². The summed E-state index contributed by atoms with van der Waals surface area (Å²) in [5, 5.41) is 9.62. The first-order chi connectivity index (χ1) is 9.70. The normalized spacial score (nSPS) is 10.5. The van der Waals surface area contributed by atoms with Crippen molar-refractivity contribution in [2.24, 2.45) is 0 Å². The summed E-state index contributed by atoms with van der Waals surface area (Å²) in [5.74, 6) is -0.548. The van der Waals surface area contributed by atoms with Gasteiger partial charge in [0.25, 0.3) is 0 Å². The number of aromatic nitrogens is 2. The summed E-state index contributed by atoms with van der Waals surface area (Å²) in [5.41, 5.74) is 0.802. The van der Waals surface area contributed by atoms with Crippen molar-refractivity contribution >= 4 is 11.6 Å². The van der Waals surface area contributed by atoms with Crippen LogP contribution in [0.25, 0.3) is 5.69 Å². The molecule has 6 heteroatoms. The van der Waals surface area contributed by atoms with Gasteiger partial charge in [0.05, 0.1) is 0 Å². The molecule has 0 saturated heterocycles. The van der Waals surface area contributed by atoms with Crippen LogP contribution in [0.5, 0.6) is 0 Å². The molecular weight excluding hydrogens is 259 g/mol. The van der Waals surface area contributed by atoms with Gasteiger partial charge in [-0.1, -0.05) is 0 Å². The highest BCUT2D eigenvalue weighted by molar-refractivity contribution is 5.90. The van der Waals surface area contributed by atoms with Crippen molar-refractivity contribution in [2.75, 3.05) is 18.9 Å². The zero-order chi connectivity index (χ0) is 14.4. The van der Waals surface area contributed by atoms with E-state index in [1.165, 1.54) is 10.7 Å². The zero-order valence-electron chi connectivity index (χ0n) is 11.3. The highest BCUT2D eigenvalue weighted by atomic mass is 19.1. The van der Waals surface area contributed by atoms with Crippen LogP contribution in [0.4, 0.5) is 10.1 Å². The number of hydrogen-bond acceptors (Lipinski definition) is 3. The van der Waals surface area contributed by atoms with E-state index < -0.39 is 5.82 Å². The molecule has 5 nitrogen and oxygen atoms in total. The molecule has 0 aliphatic rings. The second-order valence-electron chi connectivity index (χ2n) is 4.37. The minimum Gasteiger partial charge on any atom is -0.326 e. The molecule has 1 amide bonds. The van der Waals surface area contributed by atoms with Crippen molar-refractivity contribution < 1.29 is 9.18 Å². The van der Waals surface area contributed by atoms with Crippen molar-refractivity contribution in [2.45, 2.75) is 12.8 Å². The van der Waals surface area contributed by atoms with Gasteiger partial charge in [0.1, 0.15) is 5.69 Å². The van der Waals surface area contributed by atoms with E-state index >= 15 is 0 Å². The van der Waals surface area contributed by atoms with Crippen LogP contribution in [0.15, 0.2) is 36.7 Å². The lowest BCUT2D eigenvalue weighted by molar-refractivity contribution is -0.116. The van der Waals surface area contributed by atoms with E-state index in [0.29, 0.717) is 17.8 Å². The maximum atomic E-state index is 13.9. The highest BCUT2D eigenvalue weighted by Crippen LogP contribution is 2.17. The monoisotopic (exact) mass is 276 g/mol. The Labute approximate surface area is 116 Å². The number of halogens is 1. The molecule has 20 heavy (non-hydrogen) atoms. The number of nitrogens with zero attached hydrogens (tertiary/aromatic N) is 2. The van der Waals surface area contributed by atoms with Crippen LogP contribution in [0, 0.1) is 5.82 Å². The summed E-state index contributed by atoms with van der Waals surface area (Å²) < 4.78 is 15.4. The molecule has 0 radical (unpaired) electrons. The maximum absolute atomic E-state index is 13.9. The predicted octanol–water partition coefficient (Wildman–Crippen LogP) is 1.95. The van der Waals surface area contributed by atoms with E-state index in [9.17, 15) is 9.18 Å². The molecule has 0 atom stereocenters. The number of carbonyl (C=O) groups is 1. The second kappa shape index (κ2) is 6.81. The number of rotatable bonds is 6. The van der Waals surface area contributed by atoms with Crippen LogP contribution in [-0.4, -0.2) is 29.3 Å². The Bertz CT molecular complexity index is 569. The van der Waals surface area contributed by atoms with Gasteiger partial charge in [0.2, 0.25) is 5.91 Å². The van der Waals surface area contributed by atoms with E-state index in [1.54, 1.807) is 30.6 Å². The standard InChI is InChI=1S/C14H17FN4O/c1-16-7-2-4-14(20)18-11-5-6-13(12(15)10-11)19-9-3-8-17-19/h3,5-6,8-10,16H,2,4,7H2,1H3,(H,18,20). The summed E-state index contributed by atoms with van der Waals surface area (Å²) in [7, 11) is 1.83. The van der Waals surface area contributed by atoms with Crippen LogP contribution in [-0.2, 0) is 4.79 Å².